The minimum absolute atomic E-state index is 0.0492. The second-order valence-electron chi connectivity index (χ2n) is 4.95. The van der Waals surface area contributed by atoms with Crippen LogP contribution in [-0.2, 0) is 9.53 Å². The summed E-state index contributed by atoms with van der Waals surface area (Å²) >= 11 is 0. The number of carbonyl (C=O) groups is 1. The van der Waals surface area contributed by atoms with E-state index in [0.29, 0.717) is 5.92 Å². The smallest absolute Gasteiger partial charge is 0.325 e. The molecule has 0 saturated carbocycles. The molecular weight excluding hydrogens is 190 g/mol. The predicted molar refractivity (Wildman–Crippen MR) is 62.5 cm³/mol. The molecule has 15 heavy (non-hydrogen) atoms. The molecule has 0 amide bonds. The first kappa shape index (κ1) is 14.4. The SMILES string of the molecule is CCCCC(C)C(C)OC(=O)C(C)(C)N. The van der Waals surface area contributed by atoms with E-state index in [-0.39, 0.29) is 12.1 Å². The molecule has 3 nitrogen and oxygen atoms in total. The normalized spacial score (nSPS) is 15.9. The Labute approximate surface area is 93.4 Å². The maximum absolute atomic E-state index is 11.5. The van der Waals surface area contributed by atoms with Gasteiger partial charge in [0.15, 0.2) is 0 Å². The van der Waals surface area contributed by atoms with E-state index in [0.717, 1.165) is 6.42 Å². The third kappa shape index (κ3) is 5.78. The number of carbonyl (C=O) groups excluding carboxylic acids is 1. The molecule has 0 aliphatic rings. The van der Waals surface area contributed by atoms with Crippen LogP contribution >= 0.6 is 0 Å². The van der Waals surface area contributed by atoms with Crippen molar-refractivity contribution >= 4 is 5.97 Å². The van der Waals surface area contributed by atoms with Gasteiger partial charge in [0.2, 0.25) is 0 Å². The van der Waals surface area contributed by atoms with Crippen molar-refractivity contribution in [1.82, 2.24) is 0 Å². The Hall–Kier alpha value is -0.570. The van der Waals surface area contributed by atoms with Gasteiger partial charge in [-0.15, -0.1) is 0 Å². The third-order valence-electron chi connectivity index (χ3n) is 2.63. The van der Waals surface area contributed by atoms with Gasteiger partial charge in [0.05, 0.1) is 0 Å². The number of rotatable bonds is 6. The second-order valence-corrected chi connectivity index (χ2v) is 4.95. The molecule has 0 heterocycles. The van der Waals surface area contributed by atoms with Gasteiger partial charge in [-0.05, 0) is 33.1 Å². The molecule has 0 rings (SSSR count). The molecule has 0 aromatic rings. The lowest BCUT2D eigenvalue weighted by molar-refractivity contribution is -0.155. The maximum atomic E-state index is 11.5. The van der Waals surface area contributed by atoms with Gasteiger partial charge in [-0.1, -0.05) is 26.7 Å². The molecule has 3 heteroatoms. The minimum Gasteiger partial charge on any atom is -0.461 e. The summed E-state index contributed by atoms with van der Waals surface area (Å²) in [5.74, 6) is 0.0783. The van der Waals surface area contributed by atoms with E-state index in [1.54, 1.807) is 13.8 Å². The number of nitrogens with two attached hydrogens (primary N) is 1. The van der Waals surface area contributed by atoms with Gasteiger partial charge in [-0.2, -0.15) is 0 Å². The van der Waals surface area contributed by atoms with Crippen molar-refractivity contribution in [2.24, 2.45) is 11.7 Å². The Balaban J connectivity index is 4.01. The van der Waals surface area contributed by atoms with Crippen LogP contribution in [0.4, 0.5) is 0 Å². The number of esters is 1. The van der Waals surface area contributed by atoms with Crippen LogP contribution in [0.25, 0.3) is 0 Å². The molecule has 90 valence electrons. The van der Waals surface area contributed by atoms with Crippen molar-refractivity contribution in [1.29, 1.82) is 0 Å². The molecule has 0 radical (unpaired) electrons. The van der Waals surface area contributed by atoms with Crippen LogP contribution in [0.15, 0.2) is 0 Å². The summed E-state index contributed by atoms with van der Waals surface area (Å²) in [5, 5.41) is 0. The zero-order valence-corrected chi connectivity index (χ0v) is 10.7. The highest BCUT2D eigenvalue weighted by Gasteiger charge is 2.27. The first-order valence-corrected chi connectivity index (χ1v) is 5.79. The molecule has 0 spiro atoms. The van der Waals surface area contributed by atoms with Crippen LogP contribution in [0.1, 0.15) is 53.9 Å². The number of ether oxygens (including phenoxy) is 1. The number of hydrogen-bond acceptors (Lipinski definition) is 3. The summed E-state index contributed by atoms with van der Waals surface area (Å²) in [6.45, 7) is 9.53. The lowest BCUT2D eigenvalue weighted by Gasteiger charge is -2.24. The highest BCUT2D eigenvalue weighted by molar-refractivity contribution is 5.79. The molecule has 0 fully saturated rings. The van der Waals surface area contributed by atoms with E-state index >= 15 is 0 Å². The van der Waals surface area contributed by atoms with Gasteiger partial charge in [0, 0.05) is 0 Å². The second kappa shape index (κ2) is 6.11. The zero-order chi connectivity index (χ0) is 12.1. The lowest BCUT2D eigenvalue weighted by Crippen LogP contribution is -2.44. The van der Waals surface area contributed by atoms with Crippen molar-refractivity contribution in [2.75, 3.05) is 0 Å². The number of hydrogen-bond donors (Lipinski definition) is 1. The summed E-state index contributed by atoms with van der Waals surface area (Å²) in [4.78, 5) is 11.5. The van der Waals surface area contributed by atoms with Crippen molar-refractivity contribution in [3.8, 4) is 0 Å². The summed E-state index contributed by atoms with van der Waals surface area (Å²) < 4.78 is 5.31. The van der Waals surface area contributed by atoms with E-state index in [4.69, 9.17) is 10.5 Å². The van der Waals surface area contributed by atoms with Crippen molar-refractivity contribution in [3.63, 3.8) is 0 Å². The monoisotopic (exact) mass is 215 g/mol. The summed E-state index contributed by atoms with van der Waals surface area (Å²) in [5.41, 5.74) is 4.76. The van der Waals surface area contributed by atoms with Crippen LogP contribution in [0.3, 0.4) is 0 Å². The van der Waals surface area contributed by atoms with Gasteiger partial charge in [0.25, 0.3) is 0 Å². The molecule has 0 aromatic heterocycles. The zero-order valence-electron chi connectivity index (χ0n) is 10.7. The first-order valence-electron chi connectivity index (χ1n) is 5.79. The van der Waals surface area contributed by atoms with Gasteiger partial charge in [-0.3, -0.25) is 4.79 Å². The first-order chi connectivity index (χ1) is 6.79. The van der Waals surface area contributed by atoms with Crippen LogP contribution in [0.5, 0.6) is 0 Å². The van der Waals surface area contributed by atoms with Crippen molar-refractivity contribution in [2.45, 2.75) is 65.5 Å². The van der Waals surface area contributed by atoms with Crippen molar-refractivity contribution < 1.29 is 9.53 Å². The highest BCUT2D eigenvalue weighted by atomic mass is 16.5. The highest BCUT2D eigenvalue weighted by Crippen LogP contribution is 2.16. The maximum Gasteiger partial charge on any atom is 0.325 e. The van der Waals surface area contributed by atoms with Crippen LogP contribution in [0.2, 0.25) is 0 Å². The molecule has 0 aliphatic carbocycles. The average molecular weight is 215 g/mol. The Morgan fingerprint density at radius 1 is 1.40 bits per heavy atom. The summed E-state index contributed by atoms with van der Waals surface area (Å²) in [7, 11) is 0. The van der Waals surface area contributed by atoms with Gasteiger partial charge in [-0.25, -0.2) is 0 Å². The Morgan fingerprint density at radius 3 is 2.33 bits per heavy atom. The standard InChI is InChI=1S/C12H25NO2/c1-6-7-8-9(2)10(3)15-11(14)12(4,5)13/h9-10H,6-8,13H2,1-5H3. The Kier molecular flexibility index (Phi) is 5.88. The van der Waals surface area contributed by atoms with E-state index in [1.165, 1.54) is 12.8 Å². The molecule has 0 bridgehead atoms. The fourth-order valence-corrected chi connectivity index (χ4v) is 1.20. The molecular formula is C12H25NO2. The van der Waals surface area contributed by atoms with Crippen molar-refractivity contribution in [3.05, 3.63) is 0 Å². The summed E-state index contributed by atoms with van der Waals surface area (Å²) in [6, 6.07) is 0. The Bertz CT molecular complexity index is 196. The molecule has 2 N–H and O–H groups in total. The molecule has 2 unspecified atom stereocenters. The van der Waals surface area contributed by atoms with E-state index in [2.05, 4.69) is 13.8 Å². The van der Waals surface area contributed by atoms with Crippen LogP contribution in [-0.4, -0.2) is 17.6 Å². The van der Waals surface area contributed by atoms with E-state index in [9.17, 15) is 4.79 Å². The molecule has 0 aliphatic heterocycles. The fourth-order valence-electron chi connectivity index (χ4n) is 1.20. The minimum atomic E-state index is -0.890. The average Bonchev–Trinajstić information content (AvgIpc) is 2.12. The fraction of sp³-hybridized carbons (Fsp3) is 0.917. The lowest BCUT2D eigenvalue weighted by atomic mass is 9.99. The van der Waals surface area contributed by atoms with Gasteiger partial charge >= 0.3 is 5.97 Å². The predicted octanol–water partition coefficient (Wildman–Crippen LogP) is 2.48. The Morgan fingerprint density at radius 2 is 1.93 bits per heavy atom. The van der Waals surface area contributed by atoms with Crippen LogP contribution < -0.4 is 5.73 Å². The third-order valence-corrected chi connectivity index (χ3v) is 2.63. The topological polar surface area (TPSA) is 52.3 Å². The van der Waals surface area contributed by atoms with Crippen LogP contribution in [0, 0.1) is 5.92 Å². The summed E-state index contributed by atoms with van der Waals surface area (Å²) in [6.07, 6.45) is 3.39. The molecule has 2 atom stereocenters. The van der Waals surface area contributed by atoms with E-state index < -0.39 is 5.54 Å². The van der Waals surface area contributed by atoms with Gasteiger partial charge < -0.3 is 10.5 Å². The van der Waals surface area contributed by atoms with E-state index in [1.807, 2.05) is 6.92 Å². The largest absolute Gasteiger partial charge is 0.461 e. The van der Waals surface area contributed by atoms with Gasteiger partial charge in [0.1, 0.15) is 11.6 Å². The molecule has 0 aromatic carbocycles. The number of unbranched alkanes of at least 4 members (excludes halogenated alkanes) is 1. The quantitative estimate of drug-likeness (QED) is 0.692. The molecule has 0 saturated heterocycles.